The molecule has 0 saturated carbocycles. The van der Waals surface area contributed by atoms with Gasteiger partial charge in [0, 0.05) is 16.1 Å². The van der Waals surface area contributed by atoms with E-state index in [1.807, 2.05) is 18.2 Å². The zero-order valence-electron chi connectivity index (χ0n) is 12.9. The first-order chi connectivity index (χ1) is 11.5. The van der Waals surface area contributed by atoms with Gasteiger partial charge in [-0.15, -0.1) is 0 Å². The lowest BCUT2D eigenvalue weighted by Crippen LogP contribution is -2.15. The average molecular weight is 407 g/mol. The summed E-state index contributed by atoms with van der Waals surface area (Å²) in [6.07, 6.45) is 1.63. The molecule has 0 spiro atoms. The number of fused-ring (bicyclic) bond motifs is 1. The van der Waals surface area contributed by atoms with Gasteiger partial charge in [-0.2, -0.15) is 0 Å². The maximum Gasteiger partial charge on any atom is 0.265 e. The fourth-order valence-corrected chi connectivity index (χ4v) is 4.10. The van der Waals surface area contributed by atoms with Crippen LogP contribution >= 0.6 is 15.9 Å². The van der Waals surface area contributed by atoms with Crippen LogP contribution in [0.4, 0.5) is 5.69 Å². The molecule has 24 heavy (non-hydrogen) atoms. The molecule has 0 aliphatic carbocycles. The first-order valence-electron chi connectivity index (χ1n) is 7.30. The fraction of sp³-hybridized carbons (Fsp3) is 0.118. The summed E-state index contributed by atoms with van der Waals surface area (Å²) in [5, 5.41) is 0.858. The number of sulfonamides is 1. The van der Waals surface area contributed by atoms with Gasteiger partial charge in [0.15, 0.2) is 0 Å². The van der Waals surface area contributed by atoms with Crippen LogP contribution in [0.15, 0.2) is 64.1 Å². The van der Waals surface area contributed by atoms with E-state index in [0.717, 1.165) is 5.39 Å². The van der Waals surface area contributed by atoms with Crippen LogP contribution in [0.25, 0.3) is 10.9 Å². The molecular formula is C17H15BrN2O3S. The monoisotopic (exact) mass is 406 g/mol. The van der Waals surface area contributed by atoms with Crippen molar-refractivity contribution in [2.24, 2.45) is 0 Å². The Labute approximate surface area is 148 Å². The van der Waals surface area contributed by atoms with Crippen molar-refractivity contribution in [2.45, 2.75) is 11.8 Å². The van der Waals surface area contributed by atoms with Crippen LogP contribution in [0.2, 0.25) is 0 Å². The number of aromatic nitrogens is 1. The lowest BCUT2D eigenvalue weighted by molar-refractivity contribution is 0.331. The Morgan fingerprint density at radius 3 is 2.75 bits per heavy atom. The molecule has 1 aromatic heterocycles. The number of hydrogen-bond acceptors (Lipinski definition) is 4. The minimum Gasteiger partial charge on any atom is -0.492 e. The van der Waals surface area contributed by atoms with Crippen molar-refractivity contribution >= 4 is 42.5 Å². The van der Waals surface area contributed by atoms with Crippen molar-refractivity contribution in [3.63, 3.8) is 0 Å². The third kappa shape index (κ3) is 3.37. The third-order valence-electron chi connectivity index (χ3n) is 3.37. The van der Waals surface area contributed by atoms with Crippen LogP contribution in [-0.4, -0.2) is 20.0 Å². The Bertz CT molecular complexity index is 985. The molecule has 3 aromatic rings. The average Bonchev–Trinajstić information content (AvgIpc) is 2.57. The molecule has 1 N–H and O–H groups in total. The van der Waals surface area contributed by atoms with Crippen LogP contribution in [0.5, 0.6) is 5.75 Å². The minimum absolute atomic E-state index is 0.0756. The second-order valence-electron chi connectivity index (χ2n) is 5.01. The van der Waals surface area contributed by atoms with Crippen LogP contribution in [0.1, 0.15) is 6.92 Å². The molecule has 0 amide bonds. The molecular weight excluding hydrogens is 392 g/mol. The maximum absolute atomic E-state index is 12.9. The summed E-state index contributed by atoms with van der Waals surface area (Å²) < 4.78 is 34.4. The predicted octanol–water partition coefficient (Wildman–Crippen LogP) is 4.20. The Morgan fingerprint density at radius 1 is 1.17 bits per heavy atom. The van der Waals surface area contributed by atoms with Crippen LogP contribution < -0.4 is 9.46 Å². The van der Waals surface area contributed by atoms with Gasteiger partial charge in [-0.3, -0.25) is 9.71 Å². The van der Waals surface area contributed by atoms with E-state index in [2.05, 4.69) is 25.6 Å². The summed E-state index contributed by atoms with van der Waals surface area (Å²) in [5.74, 6) is 0.307. The van der Waals surface area contributed by atoms with Crippen molar-refractivity contribution in [1.29, 1.82) is 0 Å². The summed E-state index contributed by atoms with van der Waals surface area (Å²) >= 11 is 3.30. The number of ether oxygens (including phenoxy) is 1. The number of para-hydroxylation sites is 1. The number of halogens is 1. The maximum atomic E-state index is 12.9. The van der Waals surface area contributed by atoms with Crippen LogP contribution in [-0.2, 0) is 10.0 Å². The van der Waals surface area contributed by atoms with Gasteiger partial charge in [0.1, 0.15) is 10.6 Å². The Hall–Kier alpha value is -2.12. The van der Waals surface area contributed by atoms with Crippen LogP contribution in [0.3, 0.4) is 0 Å². The molecule has 0 fully saturated rings. The van der Waals surface area contributed by atoms with Crippen molar-refractivity contribution < 1.29 is 13.2 Å². The Balaban J connectivity index is 2.07. The number of rotatable bonds is 5. The molecule has 0 saturated heterocycles. The van der Waals surface area contributed by atoms with E-state index >= 15 is 0 Å². The second kappa shape index (κ2) is 6.78. The SMILES string of the molecule is CCOc1ccc(Br)cc1S(=O)(=O)Nc1cccc2cccnc12. The van der Waals surface area contributed by atoms with Crippen molar-refractivity contribution in [1.82, 2.24) is 4.98 Å². The number of hydrogen-bond donors (Lipinski definition) is 1. The zero-order chi connectivity index (χ0) is 17.2. The highest BCUT2D eigenvalue weighted by atomic mass is 79.9. The lowest BCUT2D eigenvalue weighted by Gasteiger charge is -2.14. The highest BCUT2D eigenvalue weighted by Gasteiger charge is 2.21. The van der Waals surface area contributed by atoms with E-state index in [1.54, 1.807) is 37.4 Å². The molecule has 2 aromatic carbocycles. The number of nitrogens with one attached hydrogen (secondary N) is 1. The molecule has 0 aliphatic rings. The second-order valence-corrected chi connectivity index (χ2v) is 7.58. The van der Waals surface area contributed by atoms with E-state index in [1.165, 1.54) is 6.07 Å². The molecule has 5 nitrogen and oxygen atoms in total. The fourth-order valence-electron chi connectivity index (χ4n) is 2.35. The molecule has 3 rings (SSSR count). The molecule has 0 unspecified atom stereocenters. The summed E-state index contributed by atoms with van der Waals surface area (Å²) in [4.78, 5) is 4.34. The van der Waals surface area contributed by atoms with Gasteiger partial charge in [0.25, 0.3) is 10.0 Å². The van der Waals surface area contributed by atoms with Gasteiger partial charge in [0.2, 0.25) is 0 Å². The van der Waals surface area contributed by atoms with Crippen LogP contribution in [0, 0.1) is 0 Å². The van der Waals surface area contributed by atoms with E-state index in [4.69, 9.17) is 4.74 Å². The van der Waals surface area contributed by atoms with E-state index in [-0.39, 0.29) is 4.90 Å². The summed E-state index contributed by atoms with van der Waals surface area (Å²) in [7, 11) is -3.83. The van der Waals surface area contributed by atoms with Gasteiger partial charge < -0.3 is 4.74 Å². The van der Waals surface area contributed by atoms with Gasteiger partial charge in [-0.25, -0.2) is 8.42 Å². The predicted molar refractivity (Wildman–Crippen MR) is 97.9 cm³/mol. The molecule has 7 heteroatoms. The first-order valence-corrected chi connectivity index (χ1v) is 9.58. The van der Waals surface area contributed by atoms with E-state index in [0.29, 0.717) is 28.0 Å². The van der Waals surface area contributed by atoms with Crippen molar-refractivity contribution in [3.8, 4) is 5.75 Å². The Morgan fingerprint density at radius 2 is 1.96 bits per heavy atom. The molecule has 124 valence electrons. The topological polar surface area (TPSA) is 68.3 Å². The molecule has 1 heterocycles. The third-order valence-corrected chi connectivity index (χ3v) is 5.25. The van der Waals surface area contributed by atoms with Crippen molar-refractivity contribution in [3.05, 3.63) is 59.2 Å². The Kier molecular flexibility index (Phi) is 4.73. The number of pyridine rings is 1. The van der Waals surface area contributed by atoms with E-state index in [9.17, 15) is 8.42 Å². The highest BCUT2D eigenvalue weighted by molar-refractivity contribution is 9.10. The lowest BCUT2D eigenvalue weighted by atomic mass is 10.2. The number of benzene rings is 2. The summed E-state index contributed by atoms with van der Waals surface area (Å²) in [5.41, 5.74) is 1.02. The summed E-state index contributed by atoms with van der Waals surface area (Å²) in [6.45, 7) is 2.18. The van der Waals surface area contributed by atoms with E-state index < -0.39 is 10.0 Å². The largest absolute Gasteiger partial charge is 0.492 e. The smallest absolute Gasteiger partial charge is 0.265 e. The van der Waals surface area contributed by atoms with Crippen molar-refractivity contribution in [2.75, 3.05) is 11.3 Å². The zero-order valence-corrected chi connectivity index (χ0v) is 15.3. The summed E-state index contributed by atoms with van der Waals surface area (Å²) in [6, 6.07) is 13.9. The standard InChI is InChI=1S/C17H15BrN2O3S/c1-2-23-15-9-8-13(18)11-16(15)24(21,22)20-14-7-3-5-12-6-4-10-19-17(12)14/h3-11,20H,2H2,1H3. The molecule has 0 radical (unpaired) electrons. The number of anilines is 1. The van der Waals surface area contributed by atoms with Gasteiger partial charge in [-0.1, -0.05) is 34.1 Å². The van der Waals surface area contributed by atoms with Gasteiger partial charge >= 0.3 is 0 Å². The molecule has 0 bridgehead atoms. The minimum atomic E-state index is -3.83. The number of nitrogens with zero attached hydrogens (tertiary/aromatic N) is 1. The van der Waals surface area contributed by atoms with Gasteiger partial charge in [0.05, 0.1) is 17.8 Å². The highest BCUT2D eigenvalue weighted by Crippen LogP contribution is 2.30. The normalized spacial score (nSPS) is 11.4. The molecule has 0 aliphatic heterocycles. The molecule has 0 atom stereocenters. The van der Waals surface area contributed by atoms with Gasteiger partial charge in [-0.05, 0) is 37.3 Å². The first kappa shape index (κ1) is 16.7. The quantitative estimate of drug-likeness (QED) is 0.689.